The SMILES string of the molecule is O=c1ncc(Oc2ccc(Cl)cc2Cl)c[nH]1. The highest BCUT2D eigenvalue weighted by atomic mass is 35.5. The maximum atomic E-state index is 10.7. The second-order valence-corrected chi connectivity index (χ2v) is 3.77. The Morgan fingerprint density at radius 3 is 2.75 bits per heavy atom. The summed E-state index contributed by atoms with van der Waals surface area (Å²) in [4.78, 5) is 16.6. The van der Waals surface area contributed by atoms with Crippen LogP contribution in [0.4, 0.5) is 0 Å². The summed E-state index contributed by atoms with van der Waals surface area (Å²) in [5, 5.41) is 0.913. The van der Waals surface area contributed by atoms with Crippen molar-refractivity contribution in [1.82, 2.24) is 9.97 Å². The third kappa shape index (κ3) is 2.53. The van der Waals surface area contributed by atoms with E-state index in [0.717, 1.165) is 0 Å². The Hall–Kier alpha value is -1.52. The van der Waals surface area contributed by atoms with Crippen molar-refractivity contribution >= 4 is 23.2 Å². The van der Waals surface area contributed by atoms with Gasteiger partial charge in [-0.15, -0.1) is 0 Å². The molecular weight excluding hydrogens is 251 g/mol. The van der Waals surface area contributed by atoms with Crippen molar-refractivity contribution in [2.24, 2.45) is 0 Å². The van der Waals surface area contributed by atoms with Gasteiger partial charge in [-0.05, 0) is 18.2 Å². The number of aromatic nitrogens is 2. The highest BCUT2D eigenvalue weighted by molar-refractivity contribution is 6.35. The number of hydrogen-bond donors (Lipinski definition) is 1. The zero-order chi connectivity index (χ0) is 11.5. The smallest absolute Gasteiger partial charge is 0.345 e. The van der Waals surface area contributed by atoms with Crippen molar-refractivity contribution in [3.8, 4) is 11.5 Å². The highest BCUT2D eigenvalue weighted by Gasteiger charge is 2.04. The van der Waals surface area contributed by atoms with Gasteiger partial charge in [-0.2, -0.15) is 4.98 Å². The monoisotopic (exact) mass is 256 g/mol. The molecule has 6 heteroatoms. The van der Waals surface area contributed by atoms with Crippen molar-refractivity contribution in [1.29, 1.82) is 0 Å². The van der Waals surface area contributed by atoms with E-state index >= 15 is 0 Å². The molecule has 2 rings (SSSR count). The van der Waals surface area contributed by atoms with Crippen LogP contribution in [0.25, 0.3) is 0 Å². The molecule has 4 nitrogen and oxygen atoms in total. The van der Waals surface area contributed by atoms with E-state index in [4.69, 9.17) is 27.9 Å². The Morgan fingerprint density at radius 2 is 2.12 bits per heavy atom. The molecular formula is C10H6Cl2N2O2. The van der Waals surface area contributed by atoms with E-state index in [1.54, 1.807) is 18.2 Å². The number of hydrogen-bond acceptors (Lipinski definition) is 3. The average molecular weight is 257 g/mol. The lowest BCUT2D eigenvalue weighted by Gasteiger charge is -2.06. The van der Waals surface area contributed by atoms with E-state index in [-0.39, 0.29) is 0 Å². The van der Waals surface area contributed by atoms with Gasteiger partial charge < -0.3 is 9.72 Å². The molecule has 0 atom stereocenters. The van der Waals surface area contributed by atoms with Gasteiger partial charge in [0.1, 0.15) is 5.75 Å². The first kappa shape index (κ1) is 11.0. The zero-order valence-corrected chi connectivity index (χ0v) is 9.42. The number of benzene rings is 1. The van der Waals surface area contributed by atoms with E-state index < -0.39 is 5.69 Å². The molecule has 0 bridgehead atoms. The lowest BCUT2D eigenvalue weighted by atomic mass is 10.3. The zero-order valence-electron chi connectivity index (χ0n) is 7.91. The summed E-state index contributed by atoms with van der Waals surface area (Å²) < 4.78 is 5.40. The number of ether oxygens (including phenoxy) is 1. The minimum Gasteiger partial charge on any atom is -0.453 e. The number of aromatic amines is 1. The maximum absolute atomic E-state index is 10.7. The molecule has 1 N–H and O–H groups in total. The van der Waals surface area contributed by atoms with Gasteiger partial charge in [-0.25, -0.2) is 4.79 Å². The van der Waals surface area contributed by atoms with Gasteiger partial charge in [0, 0.05) is 5.02 Å². The van der Waals surface area contributed by atoms with Gasteiger partial charge in [-0.3, -0.25) is 0 Å². The van der Waals surface area contributed by atoms with Gasteiger partial charge in [-0.1, -0.05) is 23.2 Å². The Balaban J connectivity index is 2.27. The number of H-pyrrole nitrogens is 1. The third-order valence-corrected chi connectivity index (χ3v) is 2.30. The first-order chi connectivity index (χ1) is 7.65. The Bertz CT molecular complexity index is 548. The van der Waals surface area contributed by atoms with Crippen molar-refractivity contribution in [2.45, 2.75) is 0 Å². The van der Waals surface area contributed by atoms with Crippen molar-refractivity contribution in [2.75, 3.05) is 0 Å². The van der Waals surface area contributed by atoms with Crippen LogP contribution in [-0.4, -0.2) is 9.97 Å². The molecule has 0 fully saturated rings. The molecule has 0 radical (unpaired) electrons. The molecule has 1 aromatic carbocycles. The van der Waals surface area contributed by atoms with Gasteiger partial charge in [0.15, 0.2) is 5.75 Å². The number of nitrogens with zero attached hydrogens (tertiary/aromatic N) is 1. The molecule has 0 aliphatic rings. The molecule has 0 unspecified atom stereocenters. The molecule has 0 aliphatic carbocycles. The summed E-state index contributed by atoms with van der Waals surface area (Å²) in [6.07, 6.45) is 2.71. The van der Waals surface area contributed by atoms with E-state index in [1.807, 2.05) is 0 Å². The molecule has 1 aromatic heterocycles. The van der Waals surface area contributed by atoms with Crippen LogP contribution in [0.5, 0.6) is 11.5 Å². The van der Waals surface area contributed by atoms with Crippen LogP contribution >= 0.6 is 23.2 Å². The lowest BCUT2D eigenvalue weighted by Crippen LogP contribution is -2.07. The van der Waals surface area contributed by atoms with Gasteiger partial charge >= 0.3 is 5.69 Å². The summed E-state index contributed by atoms with van der Waals surface area (Å²) in [7, 11) is 0. The van der Waals surface area contributed by atoms with Gasteiger partial charge in [0.05, 0.1) is 17.4 Å². The van der Waals surface area contributed by atoms with Crippen LogP contribution in [-0.2, 0) is 0 Å². The number of halogens is 2. The summed E-state index contributed by atoms with van der Waals surface area (Å²) in [5.41, 5.74) is -0.436. The molecule has 16 heavy (non-hydrogen) atoms. The molecule has 82 valence electrons. The first-order valence-electron chi connectivity index (χ1n) is 4.33. The predicted molar refractivity (Wildman–Crippen MR) is 61.4 cm³/mol. The molecule has 1 heterocycles. The van der Waals surface area contributed by atoms with Crippen LogP contribution in [0.1, 0.15) is 0 Å². The minimum atomic E-state index is -0.436. The Labute approximate surface area is 101 Å². The van der Waals surface area contributed by atoms with Crippen LogP contribution < -0.4 is 10.4 Å². The van der Waals surface area contributed by atoms with Crippen LogP contribution in [0, 0.1) is 0 Å². The van der Waals surface area contributed by atoms with Gasteiger partial charge in [0.2, 0.25) is 0 Å². The predicted octanol–water partition coefficient (Wildman–Crippen LogP) is 2.87. The minimum absolute atomic E-state index is 0.388. The van der Waals surface area contributed by atoms with Crippen LogP contribution in [0.3, 0.4) is 0 Å². The normalized spacial score (nSPS) is 10.1. The molecule has 0 spiro atoms. The topological polar surface area (TPSA) is 55.0 Å². The molecule has 0 aliphatic heterocycles. The second kappa shape index (κ2) is 4.55. The number of rotatable bonds is 2. The van der Waals surface area contributed by atoms with E-state index in [1.165, 1.54) is 12.4 Å². The molecule has 0 saturated heterocycles. The highest BCUT2D eigenvalue weighted by Crippen LogP contribution is 2.30. The van der Waals surface area contributed by atoms with Crippen LogP contribution in [0.2, 0.25) is 10.0 Å². The first-order valence-corrected chi connectivity index (χ1v) is 5.08. The third-order valence-electron chi connectivity index (χ3n) is 1.77. The Morgan fingerprint density at radius 1 is 1.31 bits per heavy atom. The maximum Gasteiger partial charge on any atom is 0.345 e. The van der Waals surface area contributed by atoms with Crippen molar-refractivity contribution in [3.05, 3.63) is 51.1 Å². The largest absolute Gasteiger partial charge is 0.453 e. The molecule has 2 aromatic rings. The number of nitrogens with one attached hydrogen (secondary N) is 1. The van der Waals surface area contributed by atoms with E-state index in [0.29, 0.717) is 21.5 Å². The summed E-state index contributed by atoms with van der Waals surface area (Å²) in [6.45, 7) is 0. The molecule has 0 saturated carbocycles. The quantitative estimate of drug-likeness (QED) is 0.899. The standard InChI is InChI=1S/C10H6Cl2N2O2/c11-6-1-2-9(8(12)3-6)16-7-4-13-10(15)14-5-7/h1-5H,(H,13,14,15). The Kier molecular flexibility index (Phi) is 3.12. The van der Waals surface area contributed by atoms with Crippen LogP contribution in [0.15, 0.2) is 35.4 Å². The summed E-state index contributed by atoms with van der Waals surface area (Å²) in [5.74, 6) is 0.837. The summed E-state index contributed by atoms with van der Waals surface area (Å²) >= 11 is 11.6. The van der Waals surface area contributed by atoms with Crippen molar-refractivity contribution < 1.29 is 4.74 Å². The summed E-state index contributed by atoms with van der Waals surface area (Å²) in [6, 6.07) is 4.86. The fourth-order valence-electron chi connectivity index (χ4n) is 1.07. The van der Waals surface area contributed by atoms with E-state index in [2.05, 4.69) is 9.97 Å². The van der Waals surface area contributed by atoms with Crippen molar-refractivity contribution in [3.63, 3.8) is 0 Å². The van der Waals surface area contributed by atoms with E-state index in [9.17, 15) is 4.79 Å². The fraction of sp³-hybridized carbons (Fsp3) is 0. The fourth-order valence-corrected chi connectivity index (χ4v) is 1.52. The molecule has 0 amide bonds. The lowest BCUT2D eigenvalue weighted by molar-refractivity contribution is 0.477. The second-order valence-electron chi connectivity index (χ2n) is 2.93. The van der Waals surface area contributed by atoms with Gasteiger partial charge in [0.25, 0.3) is 0 Å². The average Bonchev–Trinajstić information content (AvgIpc) is 2.25.